The molecular weight excluding hydrogens is 415 g/mol. The Morgan fingerprint density at radius 1 is 1.24 bits per heavy atom. The number of halogens is 1. The summed E-state index contributed by atoms with van der Waals surface area (Å²) in [5.41, 5.74) is 1.18. The number of carbonyl (C=O) groups is 2. The van der Waals surface area contributed by atoms with Gasteiger partial charge in [0.1, 0.15) is 5.82 Å². The maximum Gasteiger partial charge on any atom is 0.237 e. The fraction of sp³-hybridized carbons (Fsp3) is 0.300. The Labute approximate surface area is 173 Å². The topological polar surface area (TPSA) is 92.3 Å². The minimum atomic E-state index is -3.73. The lowest BCUT2D eigenvalue weighted by Crippen LogP contribution is -2.33. The second-order valence-electron chi connectivity index (χ2n) is 6.93. The van der Waals surface area contributed by atoms with Crippen molar-refractivity contribution in [1.82, 2.24) is 5.32 Å². The van der Waals surface area contributed by atoms with Crippen LogP contribution in [0.15, 0.2) is 52.3 Å². The number of sulfone groups is 1. The van der Waals surface area contributed by atoms with Crippen LogP contribution in [0.3, 0.4) is 0 Å². The molecule has 0 radical (unpaired) electrons. The van der Waals surface area contributed by atoms with E-state index in [9.17, 15) is 22.4 Å². The number of hydrogen-bond acceptors (Lipinski definition) is 5. The molecule has 2 N–H and O–H groups in total. The Morgan fingerprint density at radius 3 is 2.62 bits per heavy atom. The Morgan fingerprint density at radius 2 is 1.93 bits per heavy atom. The first kappa shape index (κ1) is 21.3. The number of carbonyl (C=O) groups excluding carboxylic acids is 2. The van der Waals surface area contributed by atoms with E-state index in [0.29, 0.717) is 11.3 Å². The monoisotopic (exact) mass is 436 g/mol. The van der Waals surface area contributed by atoms with Gasteiger partial charge in [-0.2, -0.15) is 0 Å². The number of hydrogen-bond donors (Lipinski definition) is 2. The number of rotatable bonds is 6. The molecule has 2 amide bonds. The standard InChI is InChI=1S/C20H21FN2O4S2/c1-12(19(24)22-10-14-3-5-15(21)6-4-14)11-29(26,27)16-7-8-18-17(9-16)23-20(25)13(2)28-18/h3-9,12-13H,10-11H2,1-2H3,(H,22,24)(H,23,25)/t12-,13+/m0/s1. The van der Waals surface area contributed by atoms with Crippen molar-refractivity contribution in [1.29, 1.82) is 0 Å². The molecule has 1 aliphatic heterocycles. The van der Waals surface area contributed by atoms with Gasteiger partial charge in [0.05, 0.1) is 21.6 Å². The third kappa shape index (κ3) is 5.16. The Balaban J connectivity index is 1.65. The van der Waals surface area contributed by atoms with Crippen LogP contribution in [0.5, 0.6) is 0 Å². The van der Waals surface area contributed by atoms with Gasteiger partial charge in [0, 0.05) is 17.4 Å². The third-order valence-electron chi connectivity index (χ3n) is 4.54. The van der Waals surface area contributed by atoms with Gasteiger partial charge in [0.2, 0.25) is 11.8 Å². The summed E-state index contributed by atoms with van der Waals surface area (Å²) in [5.74, 6) is -2.09. The summed E-state index contributed by atoms with van der Waals surface area (Å²) < 4.78 is 38.4. The van der Waals surface area contributed by atoms with E-state index in [4.69, 9.17) is 0 Å². The van der Waals surface area contributed by atoms with Crippen LogP contribution in [0.2, 0.25) is 0 Å². The van der Waals surface area contributed by atoms with Crippen molar-refractivity contribution in [2.24, 2.45) is 5.92 Å². The second kappa shape index (κ2) is 8.54. The quantitative estimate of drug-likeness (QED) is 0.726. The normalized spacial score (nSPS) is 17.2. The van der Waals surface area contributed by atoms with Gasteiger partial charge in [-0.15, -0.1) is 11.8 Å². The molecule has 154 valence electrons. The van der Waals surface area contributed by atoms with Gasteiger partial charge in [-0.3, -0.25) is 9.59 Å². The summed E-state index contributed by atoms with van der Waals surface area (Å²) in [6.45, 7) is 3.50. The minimum Gasteiger partial charge on any atom is -0.352 e. The van der Waals surface area contributed by atoms with E-state index in [-0.39, 0.29) is 34.2 Å². The molecule has 2 aromatic rings. The van der Waals surface area contributed by atoms with E-state index in [1.807, 2.05) is 0 Å². The molecule has 0 fully saturated rings. The molecule has 2 aromatic carbocycles. The Kier molecular flexibility index (Phi) is 6.28. The summed E-state index contributed by atoms with van der Waals surface area (Å²) in [6, 6.07) is 10.3. The zero-order valence-electron chi connectivity index (χ0n) is 15.9. The number of nitrogens with one attached hydrogen (secondary N) is 2. The van der Waals surface area contributed by atoms with E-state index in [1.165, 1.54) is 43.0 Å². The molecule has 29 heavy (non-hydrogen) atoms. The van der Waals surface area contributed by atoms with E-state index >= 15 is 0 Å². The smallest absolute Gasteiger partial charge is 0.237 e. The van der Waals surface area contributed by atoms with E-state index < -0.39 is 21.7 Å². The average Bonchev–Trinajstić information content (AvgIpc) is 2.67. The number of benzene rings is 2. The van der Waals surface area contributed by atoms with Gasteiger partial charge in [0.25, 0.3) is 0 Å². The number of amides is 2. The maximum absolute atomic E-state index is 12.9. The predicted octanol–water partition coefficient (Wildman–Crippen LogP) is 2.98. The first-order chi connectivity index (χ1) is 13.7. The van der Waals surface area contributed by atoms with Crippen molar-refractivity contribution >= 4 is 39.1 Å². The van der Waals surface area contributed by atoms with Gasteiger partial charge < -0.3 is 10.6 Å². The lowest BCUT2D eigenvalue weighted by molar-refractivity contribution is -0.124. The molecule has 0 aliphatic carbocycles. The summed E-state index contributed by atoms with van der Waals surface area (Å²) in [7, 11) is -3.73. The molecule has 0 unspecified atom stereocenters. The number of fused-ring (bicyclic) bond motifs is 1. The van der Waals surface area contributed by atoms with E-state index in [1.54, 1.807) is 25.1 Å². The first-order valence-electron chi connectivity index (χ1n) is 9.02. The largest absolute Gasteiger partial charge is 0.352 e. The highest BCUT2D eigenvalue weighted by atomic mass is 32.2. The maximum atomic E-state index is 12.9. The molecule has 0 saturated heterocycles. The fourth-order valence-electron chi connectivity index (χ4n) is 2.85. The van der Waals surface area contributed by atoms with Crippen molar-refractivity contribution in [3.8, 4) is 0 Å². The molecule has 0 aromatic heterocycles. The molecule has 3 rings (SSSR count). The molecule has 0 spiro atoms. The lowest BCUT2D eigenvalue weighted by atomic mass is 10.2. The van der Waals surface area contributed by atoms with Gasteiger partial charge in [-0.1, -0.05) is 19.1 Å². The highest BCUT2D eigenvalue weighted by molar-refractivity contribution is 8.01. The molecule has 1 aliphatic rings. The van der Waals surface area contributed by atoms with Gasteiger partial charge in [0.15, 0.2) is 9.84 Å². The van der Waals surface area contributed by atoms with Gasteiger partial charge in [-0.05, 0) is 42.8 Å². The van der Waals surface area contributed by atoms with Gasteiger partial charge >= 0.3 is 0 Å². The summed E-state index contributed by atoms with van der Waals surface area (Å²) in [6.07, 6.45) is 0. The Hall–Kier alpha value is -2.39. The minimum absolute atomic E-state index is 0.0601. The zero-order valence-corrected chi connectivity index (χ0v) is 17.6. The van der Waals surface area contributed by atoms with Crippen molar-refractivity contribution in [3.05, 3.63) is 53.8 Å². The summed E-state index contributed by atoms with van der Waals surface area (Å²) in [4.78, 5) is 25.0. The average molecular weight is 437 g/mol. The molecule has 0 bridgehead atoms. The first-order valence-corrected chi connectivity index (χ1v) is 11.6. The van der Waals surface area contributed by atoms with E-state index in [2.05, 4.69) is 10.6 Å². The number of anilines is 1. The van der Waals surface area contributed by atoms with Crippen LogP contribution < -0.4 is 10.6 Å². The van der Waals surface area contributed by atoms with Crippen molar-refractivity contribution in [3.63, 3.8) is 0 Å². The third-order valence-corrected chi connectivity index (χ3v) is 7.63. The highest BCUT2D eigenvalue weighted by Crippen LogP contribution is 2.37. The van der Waals surface area contributed by atoms with Crippen LogP contribution in [0, 0.1) is 11.7 Å². The number of thioether (sulfide) groups is 1. The zero-order chi connectivity index (χ0) is 21.2. The predicted molar refractivity (Wildman–Crippen MR) is 110 cm³/mol. The van der Waals surface area contributed by atoms with Crippen LogP contribution in [-0.2, 0) is 26.0 Å². The molecule has 6 nitrogen and oxygen atoms in total. The van der Waals surface area contributed by atoms with Crippen LogP contribution in [0.25, 0.3) is 0 Å². The van der Waals surface area contributed by atoms with Crippen molar-refractivity contribution < 1.29 is 22.4 Å². The van der Waals surface area contributed by atoms with Crippen LogP contribution >= 0.6 is 11.8 Å². The van der Waals surface area contributed by atoms with Crippen LogP contribution in [0.1, 0.15) is 19.4 Å². The molecule has 2 atom stereocenters. The summed E-state index contributed by atoms with van der Waals surface area (Å²) in [5, 5.41) is 5.14. The molecule has 9 heteroatoms. The highest BCUT2D eigenvalue weighted by Gasteiger charge is 2.27. The van der Waals surface area contributed by atoms with Gasteiger partial charge in [-0.25, -0.2) is 12.8 Å². The van der Waals surface area contributed by atoms with Crippen LogP contribution in [-0.4, -0.2) is 31.2 Å². The lowest BCUT2D eigenvalue weighted by Gasteiger charge is -2.22. The van der Waals surface area contributed by atoms with Crippen molar-refractivity contribution in [2.75, 3.05) is 11.1 Å². The SMILES string of the molecule is C[C@@H](CS(=O)(=O)c1ccc2c(c1)NC(=O)[C@@H](C)S2)C(=O)NCc1ccc(F)cc1. The summed E-state index contributed by atoms with van der Waals surface area (Å²) >= 11 is 1.37. The fourth-order valence-corrected chi connectivity index (χ4v) is 5.35. The molecule has 1 heterocycles. The van der Waals surface area contributed by atoms with Crippen LogP contribution in [0.4, 0.5) is 10.1 Å². The second-order valence-corrected chi connectivity index (χ2v) is 10.4. The van der Waals surface area contributed by atoms with Crippen molar-refractivity contribution in [2.45, 2.75) is 35.4 Å². The van der Waals surface area contributed by atoms with E-state index in [0.717, 1.165) is 4.90 Å². The molecule has 0 saturated carbocycles. The molecular formula is C20H21FN2O4S2. The Bertz CT molecular complexity index is 1040.